The van der Waals surface area contributed by atoms with Gasteiger partial charge >= 0.3 is 0 Å². The fourth-order valence-electron chi connectivity index (χ4n) is 3.83. The van der Waals surface area contributed by atoms with E-state index >= 15 is 0 Å². The summed E-state index contributed by atoms with van der Waals surface area (Å²) in [5.41, 5.74) is 4.86. The first-order valence-corrected chi connectivity index (χ1v) is 9.93. The molecule has 0 amide bonds. The molecule has 0 aliphatic carbocycles. The minimum absolute atomic E-state index is 0.227. The fraction of sp³-hybridized carbons (Fsp3) is 0.348. The Morgan fingerprint density at radius 1 is 1.21 bits per heavy atom. The van der Waals surface area contributed by atoms with Gasteiger partial charge in [0.1, 0.15) is 0 Å². The minimum Gasteiger partial charge on any atom is -0.375 e. The number of nitrogens with zero attached hydrogens (tertiary/aromatic N) is 4. The maximum absolute atomic E-state index is 9.27. The molecule has 148 valence electrons. The molecular weight excluding hydrogens is 362 g/mol. The van der Waals surface area contributed by atoms with Gasteiger partial charge in [0.25, 0.3) is 0 Å². The van der Waals surface area contributed by atoms with Gasteiger partial charge in [0, 0.05) is 36.1 Å². The summed E-state index contributed by atoms with van der Waals surface area (Å²) in [7, 11) is 0. The maximum Gasteiger partial charge on any atom is 0.156 e. The van der Waals surface area contributed by atoms with Gasteiger partial charge in [-0.2, -0.15) is 10.4 Å². The third-order valence-electron chi connectivity index (χ3n) is 5.57. The number of hydrogen-bond acceptors (Lipinski definition) is 6. The molecule has 1 fully saturated rings. The van der Waals surface area contributed by atoms with Crippen LogP contribution >= 0.6 is 0 Å². The monoisotopic (exact) mass is 387 g/mol. The van der Waals surface area contributed by atoms with Gasteiger partial charge in [0.15, 0.2) is 5.82 Å². The number of morpholine rings is 1. The lowest BCUT2D eigenvalue weighted by Gasteiger charge is -2.33. The van der Waals surface area contributed by atoms with Crippen LogP contribution in [0.15, 0.2) is 36.4 Å². The zero-order valence-corrected chi connectivity index (χ0v) is 17.1. The van der Waals surface area contributed by atoms with Gasteiger partial charge in [-0.3, -0.25) is 0 Å². The van der Waals surface area contributed by atoms with Gasteiger partial charge < -0.3 is 15.0 Å². The number of rotatable bonds is 4. The van der Waals surface area contributed by atoms with Crippen molar-refractivity contribution in [1.29, 1.82) is 5.26 Å². The number of hydrogen-bond donors (Lipinski definition) is 1. The molecule has 0 spiro atoms. The Hall–Kier alpha value is -3.17. The minimum atomic E-state index is 0.227. The molecule has 29 heavy (non-hydrogen) atoms. The summed E-state index contributed by atoms with van der Waals surface area (Å²) in [5.74, 6) is 0.760. The Balaban J connectivity index is 1.66. The van der Waals surface area contributed by atoms with E-state index in [1.165, 1.54) is 5.69 Å². The van der Waals surface area contributed by atoms with E-state index in [0.717, 1.165) is 53.1 Å². The summed E-state index contributed by atoms with van der Waals surface area (Å²) in [6, 6.07) is 14.5. The lowest BCUT2D eigenvalue weighted by molar-refractivity contribution is 0.0532. The standard InChI is InChI=1S/C23H25N5O/c1-15-14-28(9-10-29-15)20-7-8-21-17(3)26-27-23(22(21)11-20)25-13-19-6-4-5-18(12-24)16(19)2/h4-8,11,15H,9-10,13-14H2,1-3H3,(H,25,27)/t15-/m1/s1. The quantitative estimate of drug-likeness (QED) is 0.731. The van der Waals surface area contributed by atoms with E-state index < -0.39 is 0 Å². The van der Waals surface area contributed by atoms with Crippen LogP contribution in [-0.2, 0) is 11.3 Å². The average Bonchev–Trinajstić information content (AvgIpc) is 2.74. The molecule has 3 aromatic rings. The number of nitrogens with one attached hydrogen (secondary N) is 1. The van der Waals surface area contributed by atoms with Crippen molar-refractivity contribution in [1.82, 2.24) is 10.2 Å². The first kappa shape index (κ1) is 19.2. The third kappa shape index (κ3) is 3.87. The second-order valence-electron chi connectivity index (χ2n) is 7.55. The molecule has 0 bridgehead atoms. The van der Waals surface area contributed by atoms with Crippen molar-refractivity contribution >= 4 is 22.3 Å². The lowest BCUT2D eigenvalue weighted by Crippen LogP contribution is -2.41. The van der Waals surface area contributed by atoms with E-state index in [1.807, 2.05) is 32.0 Å². The largest absolute Gasteiger partial charge is 0.375 e. The second-order valence-corrected chi connectivity index (χ2v) is 7.55. The number of aromatic nitrogens is 2. The molecule has 1 aromatic heterocycles. The van der Waals surface area contributed by atoms with E-state index in [0.29, 0.717) is 12.1 Å². The van der Waals surface area contributed by atoms with E-state index in [2.05, 4.69) is 51.6 Å². The van der Waals surface area contributed by atoms with Crippen molar-refractivity contribution in [3.63, 3.8) is 0 Å². The third-order valence-corrected chi connectivity index (χ3v) is 5.57. The molecule has 1 aliphatic heterocycles. The summed E-state index contributed by atoms with van der Waals surface area (Å²) in [6.45, 7) is 9.16. The Kier molecular flexibility index (Phi) is 5.32. The summed E-state index contributed by atoms with van der Waals surface area (Å²) in [4.78, 5) is 2.35. The van der Waals surface area contributed by atoms with Crippen LogP contribution in [0.2, 0.25) is 0 Å². The number of aryl methyl sites for hydroxylation is 1. The number of benzene rings is 2. The molecule has 2 aromatic carbocycles. The molecule has 0 radical (unpaired) electrons. The van der Waals surface area contributed by atoms with Gasteiger partial charge in [0.2, 0.25) is 0 Å². The van der Waals surface area contributed by atoms with Crippen molar-refractivity contribution in [3.05, 3.63) is 58.8 Å². The van der Waals surface area contributed by atoms with Gasteiger partial charge in [-0.05, 0) is 50.1 Å². The first-order valence-electron chi connectivity index (χ1n) is 9.93. The summed E-state index contributed by atoms with van der Waals surface area (Å²) < 4.78 is 5.68. The zero-order valence-electron chi connectivity index (χ0n) is 17.1. The van der Waals surface area contributed by atoms with Crippen molar-refractivity contribution in [2.75, 3.05) is 29.9 Å². The van der Waals surface area contributed by atoms with Gasteiger partial charge in [-0.1, -0.05) is 18.2 Å². The number of fused-ring (bicyclic) bond motifs is 1. The topological polar surface area (TPSA) is 74.1 Å². The molecule has 1 atom stereocenters. The lowest BCUT2D eigenvalue weighted by atomic mass is 10.0. The Bertz CT molecular complexity index is 1090. The summed E-state index contributed by atoms with van der Waals surface area (Å²) >= 11 is 0. The van der Waals surface area contributed by atoms with Crippen LogP contribution in [0, 0.1) is 25.2 Å². The van der Waals surface area contributed by atoms with Crippen LogP contribution < -0.4 is 10.2 Å². The van der Waals surface area contributed by atoms with Crippen molar-refractivity contribution in [3.8, 4) is 6.07 Å². The van der Waals surface area contributed by atoms with Crippen molar-refractivity contribution < 1.29 is 4.74 Å². The molecule has 1 aliphatic rings. The predicted octanol–water partition coefficient (Wildman–Crippen LogP) is 3.96. The Labute approximate surface area is 171 Å². The second kappa shape index (κ2) is 8.06. The number of nitriles is 1. The van der Waals surface area contributed by atoms with Gasteiger partial charge in [-0.25, -0.2) is 0 Å². The van der Waals surface area contributed by atoms with E-state index in [-0.39, 0.29) is 6.10 Å². The normalized spacial score (nSPS) is 16.6. The molecule has 1 saturated heterocycles. The van der Waals surface area contributed by atoms with Crippen LogP contribution in [0.5, 0.6) is 0 Å². The molecule has 0 saturated carbocycles. The highest BCUT2D eigenvalue weighted by atomic mass is 16.5. The first-order chi connectivity index (χ1) is 14.1. The molecule has 2 heterocycles. The highest BCUT2D eigenvalue weighted by Gasteiger charge is 2.18. The zero-order chi connectivity index (χ0) is 20.4. The van der Waals surface area contributed by atoms with E-state index in [1.54, 1.807) is 0 Å². The fourth-order valence-corrected chi connectivity index (χ4v) is 3.83. The molecular formula is C23H25N5O. The van der Waals surface area contributed by atoms with Gasteiger partial charge in [0.05, 0.1) is 30.0 Å². The molecule has 4 rings (SSSR count). The molecule has 1 N–H and O–H groups in total. The average molecular weight is 387 g/mol. The van der Waals surface area contributed by atoms with E-state index in [9.17, 15) is 5.26 Å². The SMILES string of the molecule is Cc1c(C#N)cccc1CNc1nnc(C)c2ccc(N3CCO[C@H](C)C3)cc12. The van der Waals surface area contributed by atoms with Gasteiger partial charge in [-0.15, -0.1) is 5.10 Å². The Morgan fingerprint density at radius 2 is 2.07 bits per heavy atom. The van der Waals surface area contributed by atoms with Crippen LogP contribution in [0.1, 0.15) is 29.3 Å². The number of anilines is 2. The highest BCUT2D eigenvalue weighted by Crippen LogP contribution is 2.29. The molecule has 6 heteroatoms. The van der Waals surface area contributed by atoms with Crippen LogP contribution in [0.4, 0.5) is 11.5 Å². The van der Waals surface area contributed by atoms with Crippen LogP contribution in [-0.4, -0.2) is 36.0 Å². The van der Waals surface area contributed by atoms with Crippen LogP contribution in [0.25, 0.3) is 10.8 Å². The molecule has 6 nitrogen and oxygen atoms in total. The summed E-state index contributed by atoms with van der Waals surface area (Å²) in [6.07, 6.45) is 0.227. The van der Waals surface area contributed by atoms with E-state index in [4.69, 9.17) is 4.74 Å². The van der Waals surface area contributed by atoms with Crippen molar-refractivity contribution in [2.45, 2.75) is 33.4 Å². The smallest absolute Gasteiger partial charge is 0.156 e. The maximum atomic E-state index is 9.27. The Morgan fingerprint density at radius 3 is 2.86 bits per heavy atom. The number of ether oxygens (including phenoxy) is 1. The highest BCUT2D eigenvalue weighted by molar-refractivity contribution is 5.95. The summed E-state index contributed by atoms with van der Waals surface area (Å²) in [5, 5.41) is 23.6. The van der Waals surface area contributed by atoms with Crippen LogP contribution in [0.3, 0.4) is 0 Å². The molecule has 0 unspecified atom stereocenters. The predicted molar refractivity (Wildman–Crippen MR) is 115 cm³/mol. The van der Waals surface area contributed by atoms with Crippen molar-refractivity contribution in [2.24, 2.45) is 0 Å².